The first-order valence-electron chi connectivity index (χ1n) is 4.57. The lowest BCUT2D eigenvalue weighted by molar-refractivity contribution is 0.679. The molecule has 1 aliphatic carbocycles. The maximum absolute atomic E-state index is 5.52. The molecule has 0 saturated heterocycles. The van der Waals surface area contributed by atoms with Crippen LogP contribution < -0.4 is 5.73 Å². The SMILES string of the molecule is NCc1cc2c(cn1)CCCC2. The first kappa shape index (κ1) is 7.74. The standard InChI is InChI=1S/C10H14N2/c11-6-10-5-8-3-1-2-4-9(8)7-12-10/h5,7H,1-4,6,11H2. The van der Waals surface area contributed by atoms with E-state index in [-0.39, 0.29) is 0 Å². The summed E-state index contributed by atoms with van der Waals surface area (Å²) >= 11 is 0. The molecule has 0 radical (unpaired) electrons. The van der Waals surface area contributed by atoms with Crippen LogP contribution in [0.5, 0.6) is 0 Å². The van der Waals surface area contributed by atoms with Crippen LogP contribution in [-0.2, 0) is 19.4 Å². The third-order valence-corrected chi connectivity index (χ3v) is 2.49. The van der Waals surface area contributed by atoms with E-state index in [4.69, 9.17) is 5.73 Å². The van der Waals surface area contributed by atoms with Crippen LogP contribution in [0.15, 0.2) is 12.3 Å². The molecule has 1 aliphatic rings. The molecule has 2 nitrogen and oxygen atoms in total. The Kier molecular flexibility index (Phi) is 2.09. The number of pyridine rings is 1. The van der Waals surface area contributed by atoms with Gasteiger partial charge in [0.1, 0.15) is 0 Å². The summed E-state index contributed by atoms with van der Waals surface area (Å²) in [7, 11) is 0. The Labute approximate surface area is 72.8 Å². The Balaban J connectivity index is 2.36. The molecule has 0 fully saturated rings. The molecule has 1 heterocycles. The highest BCUT2D eigenvalue weighted by molar-refractivity contribution is 5.28. The van der Waals surface area contributed by atoms with Gasteiger partial charge in [0.2, 0.25) is 0 Å². The van der Waals surface area contributed by atoms with Crippen LogP contribution in [0, 0.1) is 0 Å². The maximum Gasteiger partial charge on any atom is 0.0542 e. The lowest BCUT2D eigenvalue weighted by atomic mass is 9.93. The number of nitrogens with two attached hydrogens (primary N) is 1. The number of aryl methyl sites for hydroxylation is 2. The molecule has 0 saturated carbocycles. The van der Waals surface area contributed by atoms with E-state index >= 15 is 0 Å². The molecule has 12 heavy (non-hydrogen) atoms. The quantitative estimate of drug-likeness (QED) is 0.678. The van der Waals surface area contributed by atoms with Gasteiger partial charge in [-0.3, -0.25) is 4.98 Å². The van der Waals surface area contributed by atoms with E-state index < -0.39 is 0 Å². The van der Waals surface area contributed by atoms with Gasteiger partial charge in [0.25, 0.3) is 0 Å². The summed E-state index contributed by atoms with van der Waals surface area (Å²) < 4.78 is 0. The minimum atomic E-state index is 0.563. The van der Waals surface area contributed by atoms with Gasteiger partial charge >= 0.3 is 0 Å². The van der Waals surface area contributed by atoms with E-state index in [9.17, 15) is 0 Å². The van der Waals surface area contributed by atoms with E-state index in [0.29, 0.717) is 6.54 Å². The second-order valence-corrected chi connectivity index (χ2v) is 3.36. The van der Waals surface area contributed by atoms with Gasteiger partial charge in [-0.25, -0.2) is 0 Å². The summed E-state index contributed by atoms with van der Waals surface area (Å²) in [5.41, 5.74) is 9.44. The highest BCUT2D eigenvalue weighted by atomic mass is 14.7. The van der Waals surface area contributed by atoms with Gasteiger partial charge in [-0.15, -0.1) is 0 Å². The van der Waals surface area contributed by atoms with Gasteiger partial charge in [0.15, 0.2) is 0 Å². The van der Waals surface area contributed by atoms with Gasteiger partial charge in [0.05, 0.1) is 5.69 Å². The number of aromatic nitrogens is 1. The molecule has 0 aromatic carbocycles. The van der Waals surface area contributed by atoms with Crippen LogP contribution in [0.3, 0.4) is 0 Å². The van der Waals surface area contributed by atoms with Gasteiger partial charge in [-0.2, -0.15) is 0 Å². The topological polar surface area (TPSA) is 38.9 Å². The summed E-state index contributed by atoms with van der Waals surface area (Å²) in [6.45, 7) is 0.563. The second kappa shape index (κ2) is 3.23. The molecule has 2 rings (SSSR count). The minimum absolute atomic E-state index is 0.563. The Hall–Kier alpha value is -0.890. The Bertz CT molecular complexity index is 281. The molecule has 64 valence electrons. The molecule has 0 unspecified atom stereocenters. The van der Waals surface area contributed by atoms with E-state index in [0.717, 1.165) is 5.69 Å². The minimum Gasteiger partial charge on any atom is -0.325 e. The van der Waals surface area contributed by atoms with Crippen molar-refractivity contribution < 1.29 is 0 Å². The van der Waals surface area contributed by atoms with Crippen LogP contribution in [-0.4, -0.2) is 4.98 Å². The van der Waals surface area contributed by atoms with Gasteiger partial charge < -0.3 is 5.73 Å². The molecule has 2 N–H and O–H groups in total. The van der Waals surface area contributed by atoms with E-state index in [2.05, 4.69) is 11.1 Å². The zero-order chi connectivity index (χ0) is 8.39. The molecule has 1 aromatic rings. The van der Waals surface area contributed by atoms with Crippen LogP contribution >= 0.6 is 0 Å². The predicted octanol–water partition coefficient (Wildman–Crippen LogP) is 1.42. The molecular formula is C10H14N2. The van der Waals surface area contributed by atoms with E-state index in [1.54, 1.807) is 0 Å². The summed E-state index contributed by atoms with van der Waals surface area (Å²) in [6.07, 6.45) is 7.05. The van der Waals surface area contributed by atoms with E-state index in [1.807, 2.05) is 6.20 Å². The summed E-state index contributed by atoms with van der Waals surface area (Å²) in [5, 5.41) is 0. The number of fused-ring (bicyclic) bond motifs is 1. The van der Waals surface area contributed by atoms with Crippen molar-refractivity contribution in [1.29, 1.82) is 0 Å². The number of hydrogen-bond acceptors (Lipinski definition) is 2. The summed E-state index contributed by atoms with van der Waals surface area (Å²) in [5.74, 6) is 0. The highest BCUT2D eigenvalue weighted by Crippen LogP contribution is 2.20. The number of rotatable bonds is 1. The molecule has 0 aliphatic heterocycles. The molecule has 0 atom stereocenters. The number of hydrogen-bond donors (Lipinski definition) is 1. The molecule has 0 spiro atoms. The second-order valence-electron chi connectivity index (χ2n) is 3.36. The predicted molar refractivity (Wildman–Crippen MR) is 48.8 cm³/mol. The molecule has 1 aromatic heterocycles. The smallest absolute Gasteiger partial charge is 0.0542 e. The van der Waals surface area contributed by atoms with Gasteiger partial charge in [0, 0.05) is 12.7 Å². The van der Waals surface area contributed by atoms with Crippen molar-refractivity contribution in [2.45, 2.75) is 32.2 Å². The van der Waals surface area contributed by atoms with Gasteiger partial charge in [-0.05, 0) is 42.9 Å². The van der Waals surface area contributed by atoms with E-state index in [1.165, 1.54) is 36.8 Å². The van der Waals surface area contributed by atoms with Crippen molar-refractivity contribution in [1.82, 2.24) is 4.98 Å². The fourth-order valence-electron chi connectivity index (χ4n) is 1.78. The van der Waals surface area contributed by atoms with Crippen LogP contribution in [0.25, 0.3) is 0 Å². The van der Waals surface area contributed by atoms with Crippen molar-refractivity contribution in [2.75, 3.05) is 0 Å². The highest BCUT2D eigenvalue weighted by Gasteiger charge is 2.09. The number of nitrogens with zero attached hydrogens (tertiary/aromatic N) is 1. The monoisotopic (exact) mass is 162 g/mol. The fraction of sp³-hybridized carbons (Fsp3) is 0.500. The zero-order valence-electron chi connectivity index (χ0n) is 7.21. The zero-order valence-corrected chi connectivity index (χ0v) is 7.21. The molecule has 2 heteroatoms. The Morgan fingerprint density at radius 1 is 1.25 bits per heavy atom. The van der Waals surface area contributed by atoms with Crippen molar-refractivity contribution in [3.05, 3.63) is 29.1 Å². The van der Waals surface area contributed by atoms with Crippen LogP contribution in [0.2, 0.25) is 0 Å². The van der Waals surface area contributed by atoms with Crippen molar-refractivity contribution >= 4 is 0 Å². The van der Waals surface area contributed by atoms with Crippen molar-refractivity contribution in [3.63, 3.8) is 0 Å². The Morgan fingerprint density at radius 2 is 2.00 bits per heavy atom. The van der Waals surface area contributed by atoms with Gasteiger partial charge in [-0.1, -0.05) is 0 Å². The van der Waals surface area contributed by atoms with Crippen molar-refractivity contribution in [2.24, 2.45) is 5.73 Å². The lowest BCUT2D eigenvalue weighted by Crippen LogP contribution is -2.07. The lowest BCUT2D eigenvalue weighted by Gasteiger charge is -2.15. The van der Waals surface area contributed by atoms with Crippen LogP contribution in [0.4, 0.5) is 0 Å². The molecule has 0 amide bonds. The third kappa shape index (κ3) is 1.34. The maximum atomic E-state index is 5.52. The fourth-order valence-corrected chi connectivity index (χ4v) is 1.78. The summed E-state index contributed by atoms with van der Waals surface area (Å²) in [6, 6.07) is 2.16. The molecule has 0 bridgehead atoms. The summed E-state index contributed by atoms with van der Waals surface area (Å²) in [4.78, 5) is 4.29. The largest absolute Gasteiger partial charge is 0.325 e. The average Bonchev–Trinajstić information content (AvgIpc) is 2.17. The normalized spacial score (nSPS) is 15.8. The van der Waals surface area contributed by atoms with Crippen LogP contribution in [0.1, 0.15) is 29.7 Å². The van der Waals surface area contributed by atoms with Crippen molar-refractivity contribution in [3.8, 4) is 0 Å². The first-order valence-corrected chi connectivity index (χ1v) is 4.57. The first-order chi connectivity index (χ1) is 5.90. The Morgan fingerprint density at radius 3 is 2.75 bits per heavy atom. The third-order valence-electron chi connectivity index (χ3n) is 2.49. The molecular weight excluding hydrogens is 148 g/mol. The average molecular weight is 162 g/mol.